The van der Waals surface area contributed by atoms with Crippen LogP contribution in [0.2, 0.25) is 0 Å². The smallest absolute Gasteiger partial charge is 0.487 e. The van der Waals surface area contributed by atoms with Crippen molar-refractivity contribution in [3.05, 3.63) is 12.3 Å². The third-order valence-corrected chi connectivity index (χ3v) is 4.49. The zero-order valence-corrected chi connectivity index (χ0v) is 13.4. The minimum atomic E-state index is -0.432. The summed E-state index contributed by atoms with van der Waals surface area (Å²) in [5.74, 6) is 1.48. The van der Waals surface area contributed by atoms with Gasteiger partial charge in [-0.05, 0) is 46.6 Å². The summed E-state index contributed by atoms with van der Waals surface area (Å²) >= 11 is 0. The van der Waals surface area contributed by atoms with E-state index in [4.69, 9.17) is 14.0 Å². The number of nitrogens with zero attached hydrogens (tertiary/aromatic N) is 1. The Bertz CT molecular complexity index is 528. The molecule has 0 radical (unpaired) electrons. The Morgan fingerprint density at radius 1 is 1.24 bits per heavy atom. The van der Waals surface area contributed by atoms with Gasteiger partial charge in [0, 0.05) is 18.7 Å². The van der Waals surface area contributed by atoms with E-state index in [2.05, 4.69) is 38.0 Å². The summed E-state index contributed by atoms with van der Waals surface area (Å²) in [6.45, 7) is 8.20. The molecule has 0 spiro atoms. The number of pyridine rings is 1. The topological polar surface area (TPSA) is 52.6 Å². The maximum absolute atomic E-state index is 6.13. The van der Waals surface area contributed by atoms with Crippen LogP contribution in [0.15, 0.2) is 12.3 Å². The second-order valence-corrected chi connectivity index (χ2v) is 6.73. The van der Waals surface area contributed by atoms with Crippen LogP contribution >= 0.6 is 0 Å². The average molecular weight is 290 g/mol. The van der Waals surface area contributed by atoms with Gasteiger partial charge in [-0.25, -0.2) is 4.98 Å². The van der Waals surface area contributed by atoms with Crippen LogP contribution in [0.1, 0.15) is 40.5 Å². The molecule has 2 heterocycles. The van der Waals surface area contributed by atoms with Crippen molar-refractivity contribution in [3.8, 4) is 5.75 Å². The van der Waals surface area contributed by atoms with Crippen LogP contribution in [-0.2, 0) is 9.31 Å². The van der Waals surface area contributed by atoms with Crippen LogP contribution < -0.4 is 15.5 Å². The summed E-state index contributed by atoms with van der Waals surface area (Å²) < 4.78 is 18.3. The van der Waals surface area contributed by atoms with Crippen LogP contribution in [0, 0.1) is 0 Å². The lowest BCUT2D eigenvalue weighted by molar-refractivity contribution is 0.00578. The van der Waals surface area contributed by atoms with E-state index >= 15 is 0 Å². The number of hydrogen-bond acceptors (Lipinski definition) is 5. The van der Waals surface area contributed by atoms with Crippen LogP contribution in [0.4, 0.5) is 5.82 Å². The molecule has 3 rings (SSSR count). The third-order valence-electron chi connectivity index (χ3n) is 4.49. The molecule has 2 aliphatic rings. The van der Waals surface area contributed by atoms with Gasteiger partial charge in [0.2, 0.25) is 0 Å². The predicted molar refractivity (Wildman–Crippen MR) is 83.1 cm³/mol. The van der Waals surface area contributed by atoms with Gasteiger partial charge in [0.1, 0.15) is 0 Å². The number of rotatable bonds is 4. The van der Waals surface area contributed by atoms with E-state index in [9.17, 15) is 0 Å². The summed E-state index contributed by atoms with van der Waals surface area (Å²) in [5.41, 5.74) is 0.176. The molecule has 0 unspecified atom stereocenters. The first-order valence-electron chi connectivity index (χ1n) is 7.53. The van der Waals surface area contributed by atoms with Crippen LogP contribution in [0.3, 0.4) is 0 Å². The SMILES string of the molecule is CNc1nccc(B2OC(C)(C)C(C)(C)O2)c1OC1CC1. The summed E-state index contributed by atoms with van der Waals surface area (Å²) in [6.07, 6.45) is 4.25. The standard InChI is InChI=1S/C15H23BN2O3/c1-14(2)15(3,4)21-16(20-14)11-8-9-18-13(17-5)12(11)19-10-6-7-10/h8-10H,6-7H2,1-5H3,(H,17,18). The first-order chi connectivity index (χ1) is 9.84. The monoisotopic (exact) mass is 290 g/mol. The highest BCUT2D eigenvalue weighted by atomic mass is 16.7. The minimum absolute atomic E-state index is 0.294. The molecule has 5 nitrogen and oxygen atoms in total. The van der Waals surface area contributed by atoms with Gasteiger partial charge in [-0.2, -0.15) is 0 Å². The highest BCUT2D eigenvalue weighted by Crippen LogP contribution is 2.38. The minimum Gasteiger partial charge on any atom is -0.487 e. The normalized spacial score (nSPS) is 23.2. The Labute approximate surface area is 126 Å². The molecular weight excluding hydrogens is 267 g/mol. The molecule has 0 atom stereocenters. The van der Waals surface area contributed by atoms with E-state index in [0.717, 1.165) is 29.9 Å². The summed E-state index contributed by atoms with van der Waals surface area (Å²) in [5, 5.41) is 3.09. The van der Waals surface area contributed by atoms with Gasteiger partial charge in [-0.15, -0.1) is 0 Å². The third kappa shape index (κ3) is 2.62. The Kier molecular flexibility index (Phi) is 3.41. The molecule has 1 saturated carbocycles. The number of anilines is 1. The molecule has 0 aromatic carbocycles. The summed E-state index contributed by atoms with van der Waals surface area (Å²) in [4.78, 5) is 4.34. The van der Waals surface area contributed by atoms with Crippen molar-refractivity contribution in [2.75, 3.05) is 12.4 Å². The van der Waals surface area contributed by atoms with Crippen molar-refractivity contribution in [1.29, 1.82) is 0 Å². The number of hydrogen-bond donors (Lipinski definition) is 1. The Hall–Kier alpha value is -1.27. The van der Waals surface area contributed by atoms with E-state index in [1.165, 1.54) is 0 Å². The summed E-state index contributed by atoms with van der Waals surface area (Å²) in [7, 11) is 1.41. The molecule has 1 aromatic rings. The van der Waals surface area contributed by atoms with E-state index in [1.807, 2.05) is 13.1 Å². The molecule has 114 valence electrons. The van der Waals surface area contributed by atoms with Crippen molar-refractivity contribution in [3.63, 3.8) is 0 Å². The van der Waals surface area contributed by atoms with E-state index in [1.54, 1.807) is 6.20 Å². The lowest BCUT2D eigenvalue weighted by Gasteiger charge is -2.32. The van der Waals surface area contributed by atoms with Crippen molar-refractivity contribution in [2.24, 2.45) is 0 Å². The lowest BCUT2D eigenvalue weighted by Crippen LogP contribution is -2.41. The predicted octanol–water partition coefficient (Wildman–Crippen LogP) is 1.96. The van der Waals surface area contributed by atoms with Gasteiger partial charge in [0.05, 0.1) is 17.3 Å². The number of ether oxygens (including phenoxy) is 1. The first-order valence-corrected chi connectivity index (χ1v) is 7.53. The maximum atomic E-state index is 6.13. The molecule has 1 aromatic heterocycles. The molecule has 0 amide bonds. The van der Waals surface area contributed by atoms with Crippen molar-refractivity contribution in [2.45, 2.75) is 57.8 Å². The van der Waals surface area contributed by atoms with Gasteiger partial charge >= 0.3 is 7.12 Å². The van der Waals surface area contributed by atoms with Crippen LogP contribution in [0.5, 0.6) is 5.75 Å². The molecule has 2 fully saturated rings. The number of nitrogens with one attached hydrogen (secondary N) is 1. The quantitative estimate of drug-likeness (QED) is 0.859. The Balaban J connectivity index is 1.95. The van der Waals surface area contributed by atoms with Crippen molar-refractivity contribution >= 4 is 18.4 Å². The van der Waals surface area contributed by atoms with Crippen molar-refractivity contribution < 1.29 is 14.0 Å². The average Bonchev–Trinajstić information content (AvgIpc) is 3.17. The number of aromatic nitrogens is 1. The molecular formula is C15H23BN2O3. The fourth-order valence-electron chi connectivity index (χ4n) is 2.27. The van der Waals surface area contributed by atoms with Crippen molar-refractivity contribution in [1.82, 2.24) is 4.98 Å². The second-order valence-electron chi connectivity index (χ2n) is 6.73. The van der Waals surface area contributed by atoms with E-state index in [0.29, 0.717) is 6.10 Å². The first kappa shape index (κ1) is 14.7. The molecule has 21 heavy (non-hydrogen) atoms. The second kappa shape index (κ2) is 4.88. The molecule has 1 aliphatic heterocycles. The van der Waals surface area contributed by atoms with Gasteiger partial charge in [-0.3, -0.25) is 0 Å². The molecule has 1 aliphatic carbocycles. The van der Waals surface area contributed by atoms with Gasteiger partial charge in [-0.1, -0.05) is 0 Å². The Morgan fingerprint density at radius 2 is 1.86 bits per heavy atom. The highest BCUT2D eigenvalue weighted by molar-refractivity contribution is 6.63. The highest BCUT2D eigenvalue weighted by Gasteiger charge is 2.52. The maximum Gasteiger partial charge on any atom is 0.498 e. The molecule has 1 N–H and O–H groups in total. The Morgan fingerprint density at radius 3 is 2.38 bits per heavy atom. The zero-order valence-electron chi connectivity index (χ0n) is 13.4. The largest absolute Gasteiger partial charge is 0.498 e. The van der Waals surface area contributed by atoms with Gasteiger partial charge in [0.25, 0.3) is 0 Å². The van der Waals surface area contributed by atoms with Crippen LogP contribution in [0.25, 0.3) is 0 Å². The molecule has 1 saturated heterocycles. The summed E-state index contributed by atoms with van der Waals surface area (Å²) in [6, 6.07) is 1.92. The van der Waals surface area contributed by atoms with E-state index in [-0.39, 0.29) is 11.2 Å². The van der Waals surface area contributed by atoms with Gasteiger partial charge < -0.3 is 19.4 Å². The molecule has 6 heteroatoms. The fraction of sp³-hybridized carbons (Fsp3) is 0.667. The zero-order chi connectivity index (χ0) is 15.3. The van der Waals surface area contributed by atoms with Gasteiger partial charge in [0.15, 0.2) is 11.6 Å². The lowest BCUT2D eigenvalue weighted by atomic mass is 9.79. The molecule has 0 bridgehead atoms. The van der Waals surface area contributed by atoms with Crippen LogP contribution in [-0.4, -0.2) is 36.5 Å². The fourth-order valence-corrected chi connectivity index (χ4v) is 2.27. The van der Waals surface area contributed by atoms with E-state index < -0.39 is 7.12 Å².